The van der Waals surface area contributed by atoms with Gasteiger partial charge in [0.25, 0.3) is 0 Å². The van der Waals surface area contributed by atoms with Crippen LogP contribution < -0.4 is 10.2 Å². The molecule has 0 atom stereocenters. The number of hydrogen-bond acceptors (Lipinski definition) is 6. The molecule has 0 bridgehead atoms. The molecule has 43 heavy (non-hydrogen) atoms. The number of carbonyl (C=O) groups excluding carboxylic acids is 2. The number of nitrogens with zero attached hydrogens (tertiary/aromatic N) is 3. The molecule has 0 unspecified atom stereocenters. The summed E-state index contributed by atoms with van der Waals surface area (Å²) >= 11 is 6.81. The lowest BCUT2D eigenvalue weighted by molar-refractivity contribution is 0.0587. The number of nitrogens with one attached hydrogen (secondary N) is 1. The lowest BCUT2D eigenvalue weighted by Crippen LogP contribution is -2.34. The number of pyridine rings is 2. The van der Waals surface area contributed by atoms with Gasteiger partial charge in [0.05, 0.1) is 0 Å². The van der Waals surface area contributed by atoms with E-state index in [9.17, 15) is 9.59 Å². The molecule has 0 aliphatic heterocycles. The lowest BCUT2D eigenvalue weighted by atomic mass is 10.1. The monoisotopic (exact) mass is 710 g/mol. The SMILES string of the molecule is CC(C)(C)OC(=O)Nc1ccc(-c2cncc(Br)c2)cc1.CN(C(=O)OC(C)(C)C)c1ccc(-c2cncc(Br)c2)cc1. The second-order valence-corrected chi connectivity index (χ2v) is 13.4. The Morgan fingerprint density at radius 3 is 1.53 bits per heavy atom. The van der Waals surface area contributed by atoms with Crippen molar-refractivity contribution in [3.8, 4) is 22.3 Å². The van der Waals surface area contributed by atoms with Crippen LogP contribution in [0, 0.1) is 0 Å². The Kier molecular flexibility index (Phi) is 11.5. The van der Waals surface area contributed by atoms with Gasteiger partial charge in [-0.25, -0.2) is 9.59 Å². The second kappa shape index (κ2) is 14.6. The number of benzene rings is 2. The molecule has 1 N–H and O–H groups in total. The van der Waals surface area contributed by atoms with Crippen molar-refractivity contribution in [2.45, 2.75) is 52.7 Å². The van der Waals surface area contributed by atoms with E-state index < -0.39 is 17.3 Å². The standard InChI is InChI=1S/C17H19BrN2O2.C16H17BrN2O2/c1-17(2,3)22-16(21)20(4)15-7-5-12(6-8-15)13-9-14(18)11-19-10-13;1-16(2,3)21-15(20)19-14-6-4-11(5-7-14)12-8-13(17)10-18-9-12/h5-11H,1-4H3;4-10H,1-3H3,(H,19,20). The van der Waals surface area contributed by atoms with Crippen molar-refractivity contribution in [2.75, 3.05) is 17.3 Å². The first kappa shape index (κ1) is 33.7. The Labute approximate surface area is 270 Å². The highest BCUT2D eigenvalue weighted by atomic mass is 79.9. The van der Waals surface area contributed by atoms with E-state index in [1.165, 1.54) is 4.90 Å². The molecule has 0 saturated heterocycles. The van der Waals surface area contributed by atoms with E-state index in [0.29, 0.717) is 5.69 Å². The van der Waals surface area contributed by atoms with Crippen molar-refractivity contribution in [1.29, 1.82) is 0 Å². The van der Waals surface area contributed by atoms with Gasteiger partial charge in [-0.15, -0.1) is 0 Å². The maximum Gasteiger partial charge on any atom is 0.414 e. The molecule has 10 heteroatoms. The fourth-order valence-electron chi connectivity index (χ4n) is 3.62. The number of halogens is 2. The number of rotatable bonds is 4. The van der Waals surface area contributed by atoms with E-state index in [1.54, 1.807) is 31.8 Å². The summed E-state index contributed by atoms with van der Waals surface area (Å²) in [5.41, 5.74) is 4.54. The van der Waals surface area contributed by atoms with Crippen molar-refractivity contribution in [2.24, 2.45) is 0 Å². The highest BCUT2D eigenvalue weighted by Gasteiger charge is 2.20. The van der Waals surface area contributed by atoms with Gasteiger partial charge in [-0.2, -0.15) is 0 Å². The van der Waals surface area contributed by atoms with Crippen molar-refractivity contribution >= 4 is 55.4 Å². The number of anilines is 2. The van der Waals surface area contributed by atoms with Crippen molar-refractivity contribution < 1.29 is 19.1 Å². The van der Waals surface area contributed by atoms with Crippen molar-refractivity contribution in [1.82, 2.24) is 9.97 Å². The Morgan fingerprint density at radius 2 is 1.12 bits per heavy atom. The van der Waals surface area contributed by atoms with Gasteiger partial charge in [0.15, 0.2) is 0 Å². The fraction of sp³-hybridized carbons (Fsp3) is 0.273. The molecule has 2 amide bonds. The average Bonchev–Trinajstić information content (AvgIpc) is 2.91. The van der Waals surface area contributed by atoms with Gasteiger partial charge in [-0.1, -0.05) is 24.3 Å². The summed E-state index contributed by atoms with van der Waals surface area (Å²) < 4.78 is 12.4. The van der Waals surface area contributed by atoms with E-state index in [2.05, 4.69) is 47.1 Å². The number of aromatic nitrogens is 2. The average molecular weight is 712 g/mol. The fourth-order valence-corrected chi connectivity index (χ4v) is 4.35. The summed E-state index contributed by atoms with van der Waals surface area (Å²) in [5.74, 6) is 0. The Bertz CT molecular complexity index is 1530. The normalized spacial score (nSPS) is 11.1. The second-order valence-electron chi connectivity index (χ2n) is 11.6. The van der Waals surface area contributed by atoms with E-state index >= 15 is 0 Å². The van der Waals surface area contributed by atoms with Crippen LogP contribution in [0.4, 0.5) is 21.0 Å². The summed E-state index contributed by atoms with van der Waals surface area (Å²) in [4.78, 5) is 33.5. The summed E-state index contributed by atoms with van der Waals surface area (Å²) in [6, 6.07) is 19.2. The highest BCUT2D eigenvalue weighted by molar-refractivity contribution is 9.10. The van der Waals surface area contributed by atoms with Crippen LogP contribution in [0.1, 0.15) is 41.5 Å². The third kappa shape index (κ3) is 11.4. The van der Waals surface area contributed by atoms with Crippen molar-refractivity contribution in [3.05, 3.63) is 94.4 Å². The zero-order valence-corrected chi connectivity index (χ0v) is 28.5. The van der Waals surface area contributed by atoms with Crippen molar-refractivity contribution in [3.63, 3.8) is 0 Å². The van der Waals surface area contributed by atoms with Crippen LogP contribution in [-0.2, 0) is 9.47 Å². The minimum Gasteiger partial charge on any atom is -0.444 e. The largest absolute Gasteiger partial charge is 0.444 e. The molecule has 226 valence electrons. The minimum absolute atomic E-state index is 0.371. The Hall–Kier alpha value is -3.76. The predicted molar refractivity (Wildman–Crippen MR) is 179 cm³/mol. The van der Waals surface area contributed by atoms with Gasteiger partial charge >= 0.3 is 12.2 Å². The zero-order valence-electron chi connectivity index (χ0n) is 25.3. The topological polar surface area (TPSA) is 93.7 Å². The predicted octanol–water partition coefficient (Wildman–Crippen LogP) is 9.74. The quantitative estimate of drug-likeness (QED) is 0.227. The molecule has 8 nitrogen and oxygen atoms in total. The molecule has 2 aromatic heterocycles. The van der Waals surface area contributed by atoms with Gasteiger partial charge in [0.1, 0.15) is 11.2 Å². The summed E-state index contributed by atoms with van der Waals surface area (Å²) in [5, 5.41) is 2.70. The number of amides is 2. The Morgan fingerprint density at radius 1 is 0.674 bits per heavy atom. The summed E-state index contributed by atoms with van der Waals surface area (Å²) in [7, 11) is 1.70. The molecule has 0 saturated carbocycles. The smallest absolute Gasteiger partial charge is 0.414 e. The molecule has 0 radical (unpaired) electrons. The first-order valence-corrected chi connectivity index (χ1v) is 15.1. The molecule has 2 heterocycles. The van der Waals surface area contributed by atoms with Crippen LogP contribution in [0.25, 0.3) is 22.3 Å². The van der Waals surface area contributed by atoms with Crippen LogP contribution in [0.5, 0.6) is 0 Å². The molecule has 4 aromatic rings. The lowest BCUT2D eigenvalue weighted by Gasteiger charge is -2.24. The number of hydrogen-bond donors (Lipinski definition) is 1. The van der Waals surface area contributed by atoms with E-state index in [0.717, 1.165) is 36.9 Å². The van der Waals surface area contributed by atoms with Crippen LogP contribution >= 0.6 is 31.9 Å². The van der Waals surface area contributed by atoms with Gasteiger partial charge in [0, 0.05) is 63.3 Å². The summed E-state index contributed by atoms with van der Waals surface area (Å²) in [6.45, 7) is 11.0. The number of carbonyl (C=O) groups is 2. The maximum absolute atomic E-state index is 12.0. The van der Waals surface area contributed by atoms with Crippen LogP contribution in [0.2, 0.25) is 0 Å². The minimum atomic E-state index is -0.508. The molecule has 0 spiro atoms. The molecular weight excluding hydrogens is 676 g/mol. The third-order valence-corrected chi connectivity index (χ3v) is 6.40. The van der Waals surface area contributed by atoms with Crippen LogP contribution in [-0.4, -0.2) is 40.4 Å². The maximum atomic E-state index is 12.0. The first-order valence-electron chi connectivity index (χ1n) is 13.5. The van der Waals surface area contributed by atoms with Gasteiger partial charge in [0.2, 0.25) is 0 Å². The van der Waals surface area contributed by atoms with E-state index in [-0.39, 0.29) is 6.09 Å². The zero-order chi connectivity index (χ0) is 31.8. The molecule has 2 aromatic carbocycles. The Balaban J connectivity index is 0.000000236. The first-order chi connectivity index (χ1) is 20.1. The van der Waals surface area contributed by atoms with E-state index in [4.69, 9.17) is 9.47 Å². The van der Waals surface area contributed by atoms with Gasteiger partial charge in [-0.05, 0) is 121 Å². The molecular formula is C33H36Br2N4O4. The van der Waals surface area contributed by atoms with Gasteiger partial charge in [-0.3, -0.25) is 20.2 Å². The number of ether oxygens (including phenoxy) is 2. The van der Waals surface area contributed by atoms with E-state index in [1.807, 2.05) is 102 Å². The third-order valence-electron chi connectivity index (χ3n) is 5.53. The molecule has 0 fully saturated rings. The highest BCUT2D eigenvalue weighted by Crippen LogP contribution is 2.26. The molecule has 0 aliphatic rings. The molecule has 0 aliphatic carbocycles. The van der Waals surface area contributed by atoms with Crippen LogP contribution in [0.15, 0.2) is 94.4 Å². The van der Waals surface area contributed by atoms with Gasteiger partial charge < -0.3 is 9.47 Å². The summed E-state index contributed by atoms with van der Waals surface area (Å²) in [6.07, 6.45) is 6.25. The molecule has 4 rings (SSSR count). The van der Waals surface area contributed by atoms with Crippen LogP contribution in [0.3, 0.4) is 0 Å².